The highest BCUT2D eigenvalue weighted by Crippen LogP contribution is 2.34. The van der Waals surface area contributed by atoms with Gasteiger partial charge in [-0.1, -0.05) is 42.5 Å². The minimum atomic E-state index is -4.17. The highest BCUT2D eigenvalue weighted by Gasteiger charge is 2.54. The Morgan fingerprint density at radius 1 is 1.05 bits per heavy atom. The maximum atomic E-state index is 14.5. The molecular formula is C44H56N6O11S. The first-order chi connectivity index (χ1) is 29.2. The van der Waals surface area contributed by atoms with E-state index < -0.39 is 75.3 Å². The van der Waals surface area contributed by atoms with E-state index in [2.05, 4.69) is 20.0 Å². The number of carbonyl (C=O) groups excluding carboxylic acids is 5. The molecule has 2 heterocycles. The molecule has 2 aliphatic rings. The van der Waals surface area contributed by atoms with Gasteiger partial charge in [0.05, 0.1) is 25.5 Å². The fraction of sp³-hybridized carbons (Fsp3) is 0.477. The Labute approximate surface area is 361 Å². The second-order valence-electron chi connectivity index (χ2n) is 16.4. The molecule has 334 valence electrons. The molecule has 0 aromatic heterocycles. The Balaban J connectivity index is 1.39. The maximum absolute atomic E-state index is 14.5. The molecule has 2 unspecified atom stereocenters. The number of guanidine groups is 1. The van der Waals surface area contributed by atoms with Gasteiger partial charge in [-0.3, -0.25) is 19.4 Å². The van der Waals surface area contributed by atoms with E-state index in [1.165, 1.54) is 19.1 Å². The maximum Gasteiger partial charge on any atom is 0.408 e. The molecule has 17 nitrogen and oxygen atoms in total. The summed E-state index contributed by atoms with van der Waals surface area (Å²) in [4.78, 5) is 77.8. The number of hydrogen-bond donors (Lipinski definition) is 3. The average molecular weight is 877 g/mol. The normalized spacial score (nSPS) is 18.5. The van der Waals surface area contributed by atoms with Gasteiger partial charge in [-0.15, -0.1) is 0 Å². The second kappa shape index (κ2) is 19.3. The number of aryl methyl sites for hydroxylation is 1. The molecular weight excluding hydrogens is 821 g/mol. The van der Waals surface area contributed by atoms with Crippen LogP contribution < -0.4 is 20.5 Å². The first kappa shape index (κ1) is 47.0. The van der Waals surface area contributed by atoms with Crippen LogP contribution in [-0.2, 0) is 49.8 Å². The molecule has 0 aliphatic carbocycles. The van der Waals surface area contributed by atoms with Crippen molar-refractivity contribution >= 4 is 62.4 Å². The number of carbonyl (C=O) groups is 5. The number of nitrogens with two attached hydrogens (primary N) is 1. The van der Waals surface area contributed by atoms with Crippen LogP contribution in [0, 0.1) is 20.8 Å². The third-order valence-electron chi connectivity index (χ3n) is 10.9. The van der Waals surface area contributed by atoms with E-state index >= 15 is 0 Å². The Bertz CT molecular complexity index is 2400. The van der Waals surface area contributed by atoms with E-state index in [9.17, 15) is 32.4 Å². The van der Waals surface area contributed by atoms with Crippen molar-refractivity contribution in [3.05, 3.63) is 70.8 Å². The van der Waals surface area contributed by atoms with Gasteiger partial charge in [0, 0.05) is 25.9 Å². The molecule has 0 saturated carbocycles. The number of hydrogen-bond acceptors (Lipinski definition) is 13. The van der Waals surface area contributed by atoms with Crippen LogP contribution in [0.1, 0.15) is 81.5 Å². The lowest BCUT2D eigenvalue weighted by molar-refractivity contribution is -0.147. The fourth-order valence-electron chi connectivity index (χ4n) is 7.81. The van der Waals surface area contributed by atoms with Crippen molar-refractivity contribution in [2.75, 3.05) is 27.3 Å². The predicted octanol–water partition coefficient (Wildman–Crippen LogP) is 4.49. The first-order valence-corrected chi connectivity index (χ1v) is 21.9. The van der Waals surface area contributed by atoms with Gasteiger partial charge < -0.3 is 34.9 Å². The zero-order chi connectivity index (χ0) is 45.6. The zero-order valence-corrected chi connectivity index (χ0v) is 37.3. The summed E-state index contributed by atoms with van der Waals surface area (Å²) in [5, 5.41) is 4.62. The number of ether oxygens (including phenoxy) is 4. The van der Waals surface area contributed by atoms with Gasteiger partial charge in [-0.25, -0.2) is 27.7 Å². The molecule has 0 bridgehead atoms. The summed E-state index contributed by atoms with van der Waals surface area (Å²) in [6, 6.07) is 13.0. The number of benzene rings is 3. The number of amides is 2. The van der Waals surface area contributed by atoms with E-state index in [1.807, 2.05) is 42.5 Å². The van der Waals surface area contributed by atoms with Gasteiger partial charge in [-0.05, 0) is 106 Å². The molecule has 0 radical (unpaired) electrons. The summed E-state index contributed by atoms with van der Waals surface area (Å²) in [5.74, 6) is -2.87. The van der Waals surface area contributed by atoms with Gasteiger partial charge in [-0.2, -0.15) is 0 Å². The number of nitrogens with zero attached hydrogens (tertiary/aromatic N) is 3. The van der Waals surface area contributed by atoms with Crippen molar-refractivity contribution in [3.8, 4) is 5.75 Å². The lowest BCUT2D eigenvalue weighted by Gasteiger charge is -2.29. The topological polar surface area (TPSA) is 234 Å². The summed E-state index contributed by atoms with van der Waals surface area (Å²) in [7, 11) is -1.50. The number of ketones is 1. The Kier molecular flexibility index (Phi) is 14.7. The van der Waals surface area contributed by atoms with Crippen molar-refractivity contribution in [1.29, 1.82) is 0 Å². The summed E-state index contributed by atoms with van der Waals surface area (Å²) in [6.45, 7) is 10.3. The third-order valence-corrected chi connectivity index (χ3v) is 12.5. The predicted molar refractivity (Wildman–Crippen MR) is 231 cm³/mol. The molecule has 3 atom stereocenters. The van der Waals surface area contributed by atoms with Crippen LogP contribution in [0.3, 0.4) is 0 Å². The molecule has 5 rings (SSSR count). The average Bonchev–Trinajstić information content (AvgIpc) is 3.83. The number of methoxy groups -OCH3 is 2. The number of Topliss-reactive ketones (excluding diaryl/α,β-unsaturated/α-hetero) is 1. The fourth-order valence-corrected chi connectivity index (χ4v) is 9.29. The van der Waals surface area contributed by atoms with Crippen molar-refractivity contribution < 1.29 is 51.3 Å². The van der Waals surface area contributed by atoms with Crippen LogP contribution in [0.25, 0.3) is 10.8 Å². The number of likely N-dealkylation sites (tertiary alicyclic amines) is 1. The zero-order valence-electron chi connectivity index (χ0n) is 36.5. The number of nitrogens with one attached hydrogen (secondary N) is 2. The quantitative estimate of drug-likeness (QED) is 0.0451. The number of fused-ring (bicyclic) bond motifs is 1. The van der Waals surface area contributed by atoms with Crippen LogP contribution in [0.5, 0.6) is 5.75 Å². The number of rotatable bonds is 16. The Hall–Kier alpha value is -6.04. The van der Waals surface area contributed by atoms with Gasteiger partial charge in [0.15, 0.2) is 5.78 Å². The summed E-state index contributed by atoms with van der Waals surface area (Å²) < 4.78 is 50.5. The summed E-state index contributed by atoms with van der Waals surface area (Å²) in [5.41, 5.74) is 5.46. The van der Waals surface area contributed by atoms with Gasteiger partial charge >= 0.3 is 18.0 Å². The lowest BCUT2D eigenvalue weighted by atomic mass is 9.87. The van der Waals surface area contributed by atoms with E-state index in [0.717, 1.165) is 16.3 Å². The molecule has 1 saturated heterocycles. The number of cyclic esters (lactones) is 1. The van der Waals surface area contributed by atoms with Crippen molar-refractivity contribution in [2.45, 2.75) is 115 Å². The number of alkyl carbamates (subject to hydrolysis) is 1. The molecule has 4 N–H and O–H groups in total. The molecule has 3 aromatic carbocycles. The van der Waals surface area contributed by atoms with Crippen molar-refractivity contribution in [1.82, 2.24) is 14.9 Å². The second-order valence-corrected chi connectivity index (χ2v) is 18.0. The minimum absolute atomic E-state index is 0.0121. The van der Waals surface area contributed by atoms with Crippen molar-refractivity contribution in [3.63, 3.8) is 0 Å². The summed E-state index contributed by atoms with van der Waals surface area (Å²) >= 11 is 0. The molecule has 1 fully saturated rings. The molecule has 2 aliphatic heterocycles. The molecule has 18 heteroatoms. The smallest absolute Gasteiger partial charge is 0.408 e. The van der Waals surface area contributed by atoms with Gasteiger partial charge in [0.1, 0.15) is 23.4 Å². The van der Waals surface area contributed by atoms with Gasteiger partial charge in [0.25, 0.3) is 10.0 Å². The Morgan fingerprint density at radius 3 is 2.45 bits per heavy atom. The van der Waals surface area contributed by atoms with E-state index in [0.29, 0.717) is 35.3 Å². The van der Waals surface area contributed by atoms with Crippen molar-refractivity contribution in [2.24, 2.45) is 15.7 Å². The monoisotopic (exact) mass is 876 g/mol. The molecule has 0 spiro atoms. The van der Waals surface area contributed by atoms with Crippen LogP contribution >= 0.6 is 0 Å². The largest absolute Gasteiger partial charge is 0.496 e. The van der Waals surface area contributed by atoms with E-state index in [4.69, 9.17) is 24.7 Å². The van der Waals surface area contributed by atoms with Crippen LogP contribution in [0.4, 0.5) is 4.79 Å². The number of sulfonamides is 1. The van der Waals surface area contributed by atoms with Crippen LogP contribution in [0.2, 0.25) is 0 Å². The standard InChI is InChI=1S/C44H56N6O11S/c1-26-24-34(58-7)27(2)28(3)37(26)62(56,57)49-41(45)46-22-13-21-44(35(51)19-20-36(52)59-8)40(54)60-38(48-44)33-18-12-23-50(33)39(53)32(47-42(55)61-43(4,5)6)25-30-16-11-15-29-14-9-10-17-31(29)30/h9-11,14-17,24,32-33H,12-13,18-23,25H2,1-8H3,(H,47,55)(H3,45,46,49)/t32?,33-,44?/m0/s1. The molecule has 3 aromatic rings. The highest BCUT2D eigenvalue weighted by molar-refractivity contribution is 7.90. The summed E-state index contributed by atoms with van der Waals surface area (Å²) in [6.07, 6.45) is -0.783. The number of aliphatic imine (C=N–C) groups is 2. The third kappa shape index (κ3) is 10.7. The van der Waals surface area contributed by atoms with Crippen LogP contribution in [-0.4, -0.2) is 105 Å². The van der Waals surface area contributed by atoms with Gasteiger partial charge in [0.2, 0.25) is 23.3 Å². The number of esters is 2. The minimum Gasteiger partial charge on any atom is -0.496 e. The van der Waals surface area contributed by atoms with Crippen LogP contribution in [0.15, 0.2) is 63.4 Å². The SMILES string of the molecule is COC(=O)CCC(=O)C1(CCCN=C(N)NS(=O)(=O)c2c(C)cc(OC)c(C)c2C)N=C([C@@H]2CCCN2C(=O)C(Cc2cccc3ccccc23)NC(=O)OC(C)(C)C)OC1=O. The molecule has 62 heavy (non-hydrogen) atoms. The lowest BCUT2D eigenvalue weighted by Crippen LogP contribution is -2.53. The van der Waals surface area contributed by atoms with E-state index in [-0.39, 0.29) is 49.6 Å². The molecule has 2 amide bonds. The Morgan fingerprint density at radius 2 is 1.76 bits per heavy atom. The first-order valence-electron chi connectivity index (χ1n) is 20.4. The highest BCUT2D eigenvalue weighted by atomic mass is 32.2. The van der Waals surface area contributed by atoms with E-state index in [1.54, 1.807) is 47.6 Å².